The summed E-state index contributed by atoms with van der Waals surface area (Å²) in [4.78, 5) is 43.5. The van der Waals surface area contributed by atoms with Crippen molar-refractivity contribution in [3.8, 4) is 5.75 Å². The van der Waals surface area contributed by atoms with Crippen LogP contribution in [0.3, 0.4) is 0 Å². The van der Waals surface area contributed by atoms with Gasteiger partial charge in [0.15, 0.2) is 0 Å². The fourth-order valence-electron chi connectivity index (χ4n) is 5.29. The summed E-state index contributed by atoms with van der Waals surface area (Å²) >= 11 is 6.39. The number of imide groups is 1. The van der Waals surface area contributed by atoms with E-state index in [0.717, 1.165) is 12.0 Å². The maximum Gasteiger partial charge on any atom is 0.241 e. The van der Waals surface area contributed by atoms with Gasteiger partial charge in [-0.3, -0.25) is 19.3 Å². The van der Waals surface area contributed by atoms with E-state index in [4.69, 9.17) is 21.1 Å². The second kappa shape index (κ2) is 10.8. The summed E-state index contributed by atoms with van der Waals surface area (Å²) in [6, 6.07) is 14.9. The molecule has 0 aliphatic carbocycles. The highest BCUT2D eigenvalue weighted by molar-refractivity contribution is 6.31. The largest absolute Gasteiger partial charge is 0.496 e. The molecule has 2 aliphatic heterocycles. The van der Waals surface area contributed by atoms with E-state index >= 15 is 0 Å². The van der Waals surface area contributed by atoms with Gasteiger partial charge in [-0.15, -0.1) is 0 Å². The minimum absolute atomic E-state index is 0.0628. The van der Waals surface area contributed by atoms with Crippen LogP contribution in [0.1, 0.15) is 42.7 Å². The van der Waals surface area contributed by atoms with E-state index in [2.05, 4.69) is 0 Å². The molecular weight excluding hydrogens is 468 g/mol. The van der Waals surface area contributed by atoms with Crippen LogP contribution in [0.5, 0.6) is 5.75 Å². The Labute approximate surface area is 210 Å². The molecule has 2 fully saturated rings. The van der Waals surface area contributed by atoms with Crippen LogP contribution in [0.2, 0.25) is 5.02 Å². The maximum absolute atomic E-state index is 13.8. The van der Waals surface area contributed by atoms with Crippen LogP contribution < -0.4 is 4.74 Å². The van der Waals surface area contributed by atoms with Crippen LogP contribution in [-0.4, -0.2) is 68.0 Å². The second-order valence-electron chi connectivity index (χ2n) is 9.18. The van der Waals surface area contributed by atoms with Crippen molar-refractivity contribution >= 4 is 29.3 Å². The number of rotatable bonds is 9. The lowest BCUT2D eigenvalue weighted by Crippen LogP contribution is -2.43. The van der Waals surface area contributed by atoms with Gasteiger partial charge in [-0.05, 0) is 30.5 Å². The number of halogens is 1. The zero-order chi connectivity index (χ0) is 25.0. The highest BCUT2D eigenvalue weighted by atomic mass is 35.5. The Hall–Kier alpha value is -2.90. The second-order valence-corrected chi connectivity index (χ2v) is 9.59. The van der Waals surface area contributed by atoms with E-state index in [0.29, 0.717) is 42.5 Å². The molecule has 2 heterocycles. The highest BCUT2D eigenvalue weighted by Crippen LogP contribution is 2.44. The Morgan fingerprint density at radius 1 is 1.11 bits per heavy atom. The number of ether oxygens (including phenoxy) is 2. The molecule has 0 aromatic heterocycles. The number of likely N-dealkylation sites (tertiary alicyclic amines) is 2. The topological polar surface area (TPSA) is 76.2 Å². The lowest BCUT2D eigenvalue weighted by atomic mass is 9.75. The quantitative estimate of drug-likeness (QED) is 0.388. The molecule has 0 saturated carbocycles. The van der Waals surface area contributed by atoms with Gasteiger partial charge in [0.2, 0.25) is 17.7 Å². The molecule has 0 unspecified atom stereocenters. The molecule has 186 valence electrons. The molecule has 7 nitrogen and oxygen atoms in total. The van der Waals surface area contributed by atoms with E-state index in [1.807, 2.05) is 30.3 Å². The third-order valence-electron chi connectivity index (χ3n) is 7.10. The average Bonchev–Trinajstić information content (AvgIpc) is 3.44. The van der Waals surface area contributed by atoms with Crippen molar-refractivity contribution in [3.63, 3.8) is 0 Å². The van der Waals surface area contributed by atoms with E-state index in [9.17, 15) is 14.4 Å². The van der Waals surface area contributed by atoms with E-state index in [1.165, 1.54) is 12.0 Å². The Morgan fingerprint density at radius 3 is 2.60 bits per heavy atom. The first-order valence-electron chi connectivity index (χ1n) is 11.9. The molecule has 2 saturated heterocycles. The number of amides is 3. The monoisotopic (exact) mass is 498 g/mol. The predicted molar refractivity (Wildman–Crippen MR) is 133 cm³/mol. The van der Waals surface area contributed by atoms with Gasteiger partial charge in [0.1, 0.15) is 5.75 Å². The molecule has 0 bridgehead atoms. The first kappa shape index (κ1) is 25.2. The van der Waals surface area contributed by atoms with Crippen LogP contribution in [-0.2, 0) is 24.5 Å². The van der Waals surface area contributed by atoms with Gasteiger partial charge >= 0.3 is 0 Å². The normalized spacial score (nSPS) is 22.2. The molecule has 0 radical (unpaired) electrons. The van der Waals surface area contributed by atoms with Crippen LogP contribution >= 0.6 is 11.6 Å². The van der Waals surface area contributed by atoms with E-state index < -0.39 is 5.41 Å². The minimum Gasteiger partial charge on any atom is -0.496 e. The number of carbonyl (C=O) groups excluding carboxylic acids is 3. The first-order chi connectivity index (χ1) is 16.9. The van der Waals surface area contributed by atoms with Crippen molar-refractivity contribution < 1.29 is 23.9 Å². The number of hydrogen-bond acceptors (Lipinski definition) is 5. The van der Waals surface area contributed by atoms with Crippen LogP contribution in [0.25, 0.3) is 0 Å². The summed E-state index contributed by atoms with van der Waals surface area (Å²) in [5, 5.41) is 0.695. The van der Waals surface area contributed by atoms with Crippen molar-refractivity contribution in [2.24, 2.45) is 0 Å². The van der Waals surface area contributed by atoms with Gasteiger partial charge in [0.25, 0.3) is 0 Å². The zero-order valence-corrected chi connectivity index (χ0v) is 20.9. The SMILES string of the molecule is COCCCN1C(=O)C[C@@](CC(=O)N2CC[C@H](c3ccccc3Cl)C2)(c2ccccc2OC)C1=O. The van der Waals surface area contributed by atoms with Gasteiger partial charge in [-0.25, -0.2) is 0 Å². The smallest absolute Gasteiger partial charge is 0.241 e. The van der Waals surface area contributed by atoms with Crippen LogP contribution in [0, 0.1) is 0 Å². The number of carbonyl (C=O) groups is 3. The van der Waals surface area contributed by atoms with Crippen LogP contribution in [0.15, 0.2) is 48.5 Å². The molecule has 3 amide bonds. The zero-order valence-electron chi connectivity index (χ0n) is 20.2. The van der Waals surface area contributed by atoms with Gasteiger partial charge < -0.3 is 14.4 Å². The van der Waals surface area contributed by atoms with Crippen molar-refractivity contribution in [2.75, 3.05) is 40.5 Å². The highest BCUT2D eigenvalue weighted by Gasteiger charge is 2.55. The minimum atomic E-state index is -1.30. The van der Waals surface area contributed by atoms with Gasteiger partial charge in [0.05, 0.1) is 12.5 Å². The van der Waals surface area contributed by atoms with E-state index in [-0.39, 0.29) is 43.0 Å². The third-order valence-corrected chi connectivity index (χ3v) is 7.44. The van der Waals surface area contributed by atoms with Crippen molar-refractivity contribution in [1.82, 2.24) is 9.80 Å². The maximum atomic E-state index is 13.8. The summed E-state index contributed by atoms with van der Waals surface area (Å²) in [6.45, 7) is 1.81. The lowest BCUT2D eigenvalue weighted by molar-refractivity contribution is -0.142. The Balaban J connectivity index is 1.61. The van der Waals surface area contributed by atoms with E-state index in [1.54, 1.807) is 30.2 Å². The molecule has 4 rings (SSSR count). The molecular formula is C27H31ClN2O5. The summed E-state index contributed by atoms with van der Waals surface area (Å²) in [5.41, 5.74) is 0.307. The summed E-state index contributed by atoms with van der Waals surface area (Å²) < 4.78 is 10.6. The summed E-state index contributed by atoms with van der Waals surface area (Å²) in [5.74, 6) is -0.138. The molecule has 8 heteroatoms. The molecule has 0 N–H and O–H groups in total. The molecule has 2 atom stereocenters. The number of benzene rings is 2. The Bertz CT molecular complexity index is 1110. The van der Waals surface area contributed by atoms with Gasteiger partial charge in [-0.1, -0.05) is 48.0 Å². The fraction of sp³-hybridized carbons (Fsp3) is 0.444. The lowest BCUT2D eigenvalue weighted by Gasteiger charge is -2.30. The Kier molecular flexibility index (Phi) is 7.77. The first-order valence-corrected chi connectivity index (χ1v) is 12.3. The number of nitrogens with zero attached hydrogens (tertiary/aromatic N) is 2. The molecule has 2 aromatic rings. The van der Waals surface area contributed by atoms with Crippen molar-refractivity contribution in [1.29, 1.82) is 0 Å². The predicted octanol–water partition coefficient (Wildman–Crippen LogP) is 3.79. The van der Waals surface area contributed by atoms with Crippen molar-refractivity contribution in [2.45, 2.75) is 37.0 Å². The number of methoxy groups -OCH3 is 2. The summed E-state index contributed by atoms with van der Waals surface area (Å²) in [6.07, 6.45) is 1.18. The van der Waals surface area contributed by atoms with Crippen LogP contribution in [0.4, 0.5) is 0 Å². The Morgan fingerprint density at radius 2 is 1.86 bits per heavy atom. The summed E-state index contributed by atoms with van der Waals surface area (Å²) in [7, 11) is 3.11. The molecule has 2 aliphatic rings. The average molecular weight is 499 g/mol. The molecule has 35 heavy (non-hydrogen) atoms. The number of hydrogen-bond donors (Lipinski definition) is 0. The third kappa shape index (κ3) is 4.93. The fourth-order valence-corrected chi connectivity index (χ4v) is 5.58. The van der Waals surface area contributed by atoms with Crippen molar-refractivity contribution in [3.05, 3.63) is 64.7 Å². The molecule has 2 aromatic carbocycles. The molecule has 0 spiro atoms. The standard InChI is InChI=1S/C27H31ClN2O5/c1-34-15-7-13-30-25(32)17-27(26(30)33,21-9-4-6-11-23(21)35-2)16-24(31)29-14-12-19(18-29)20-8-3-5-10-22(20)28/h3-6,8-11,19H,7,12-18H2,1-2H3/t19-,27-/m0/s1. The van der Waals surface area contributed by atoms with Gasteiger partial charge in [0, 0.05) is 62.7 Å². The van der Waals surface area contributed by atoms with Gasteiger partial charge in [-0.2, -0.15) is 0 Å². The number of para-hydroxylation sites is 1.